The predicted molar refractivity (Wildman–Crippen MR) is 126 cm³/mol. The van der Waals surface area contributed by atoms with Crippen LogP contribution in [0.5, 0.6) is 0 Å². The van der Waals surface area contributed by atoms with Gasteiger partial charge in [0.2, 0.25) is 0 Å². The lowest BCUT2D eigenvalue weighted by Gasteiger charge is -2.25. The average molecular weight is 552 g/mol. The SMILES string of the molecule is CN=C(NCCc1cnn(C)c1)NCC(C)(C)Sc1ccc(Br)cc1.I. The van der Waals surface area contributed by atoms with Crippen LogP contribution >= 0.6 is 51.7 Å². The lowest BCUT2D eigenvalue weighted by Crippen LogP contribution is -2.43. The number of hydrogen-bond acceptors (Lipinski definition) is 3. The third kappa shape index (κ3) is 8.30. The van der Waals surface area contributed by atoms with E-state index in [2.05, 4.69) is 74.8 Å². The predicted octanol–water partition coefficient (Wildman–Crippen LogP) is 4.08. The van der Waals surface area contributed by atoms with Crippen molar-refractivity contribution in [3.8, 4) is 0 Å². The highest BCUT2D eigenvalue weighted by atomic mass is 127. The number of aliphatic imine (C=N–C) groups is 1. The zero-order valence-corrected chi connectivity index (χ0v) is 20.4. The fraction of sp³-hybridized carbons (Fsp3) is 0.444. The van der Waals surface area contributed by atoms with Crippen molar-refractivity contribution >= 4 is 57.6 Å². The van der Waals surface area contributed by atoms with Gasteiger partial charge in [-0.15, -0.1) is 35.7 Å². The molecule has 2 aromatic rings. The lowest BCUT2D eigenvalue weighted by molar-refractivity contribution is 0.662. The smallest absolute Gasteiger partial charge is 0.191 e. The Hall–Kier alpha value is -0.740. The van der Waals surface area contributed by atoms with Crippen molar-refractivity contribution in [3.05, 3.63) is 46.7 Å². The maximum absolute atomic E-state index is 4.30. The highest BCUT2D eigenvalue weighted by Crippen LogP contribution is 2.32. The fourth-order valence-electron chi connectivity index (χ4n) is 2.30. The first-order valence-electron chi connectivity index (χ1n) is 8.24. The van der Waals surface area contributed by atoms with Gasteiger partial charge in [-0.05, 0) is 50.1 Å². The molecule has 0 atom stereocenters. The first-order valence-corrected chi connectivity index (χ1v) is 9.85. The maximum atomic E-state index is 4.30. The number of halogens is 2. The number of aromatic nitrogens is 2. The van der Waals surface area contributed by atoms with Crippen LogP contribution in [0.15, 0.2) is 51.0 Å². The van der Waals surface area contributed by atoms with E-state index in [9.17, 15) is 0 Å². The topological polar surface area (TPSA) is 54.2 Å². The lowest BCUT2D eigenvalue weighted by atomic mass is 10.2. The number of benzene rings is 1. The Morgan fingerprint density at radius 3 is 2.54 bits per heavy atom. The van der Waals surface area contributed by atoms with Crippen molar-refractivity contribution in [2.45, 2.75) is 29.9 Å². The number of thioether (sulfide) groups is 1. The molecular weight excluding hydrogens is 525 g/mol. The van der Waals surface area contributed by atoms with Gasteiger partial charge in [0.25, 0.3) is 0 Å². The van der Waals surface area contributed by atoms with E-state index in [1.54, 1.807) is 7.05 Å². The molecule has 0 saturated carbocycles. The Balaban J connectivity index is 0.00000338. The van der Waals surface area contributed by atoms with Crippen LogP contribution in [0.3, 0.4) is 0 Å². The first kappa shape index (κ1) is 23.3. The molecule has 0 spiro atoms. The molecule has 0 unspecified atom stereocenters. The van der Waals surface area contributed by atoms with E-state index in [0.29, 0.717) is 0 Å². The minimum atomic E-state index is 0. The van der Waals surface area contributed by atoms with Crippen LogP contribution in [0.2, 0.25) is 0 Å². The van der Waals surface area contributed by atoms with Crippen molar-refractivity contribution < 1.29 is 0 Å². The number of hydrogen-bond donors (Lipinski definition) is 2. The van der Waals surface area contributed by atoms with Gasteiger partial charge in [0, 0.05) is 47.5 Å². The Morgan fingerprint density at radius 1 is 1.27 bits per heavy atom. The summed E-state index contributed by atoms with van der Waals surface area (Å²) in [6, 6.07) is 8.42. The maximum Gasteiger partial charge on any atom is 0.191 e. The van der Waals surface area contributed by atoms with Crippen LogP contribution in [0.25, 0.3) is 0 Å². The Labute approximate surface area is 186 Å². The fourth-order valence-corrected chi connectivity index (χ4v) is 3.62. The summed E-state index contributed by atoms with van der Waals surface area (Å²) < 4.78 is 2.98. The molecule has 0 radical (unpaired) electrons. The van der Waals surface area contributed by atoms with E-state index < -0.39 is 0 Å². The van der Waals surface area contributed by atoms with Gasteiger partial charge in [-0.3, -0.25) is 9.67 Å². The first-order chi connectivity index (χ1) is 11.9. The summed E-state index contributed by atoms with van der Waals surface area (Å²) in [6.45, 7) is 6.11. The summed E-state index contributed by atoms with van der Waals surface area (Å²) in [4.78, 5) is 5.56. The van der Waals surface area contributed by atoms with Crippen LogP contribution in [-0.2, 0) is 13.5 Å². The van der Waals surface area contributed by atoms with Crippen molar-refractivity contribution in [1.82, 2.24) is 20.4 Å². The van der Waals surface area contributed by atoms with E-state index in [1.807, 2.05) is 35.9 Å². The third-order valence-electron chi connectivity index (χ3n) is 3.58. The summed E-state index contributed by atoms with van der Waals surface area (Å²) in [6.07, 6.45) is 4.86. The summed E-state index contributed by atoms with van der Waals surface area (Å²) >= 11 is 5.33. The molecule has 1 heterocycles. The molecule has 2 rings (SSSR count). The van der Waals surface area contributed by atoms with Crippen LogP contribution in [0.4, 0.5) is 0 Å². The second-order valence-electron chi connectivity index (χ2n) is 6.44. The van der Waals surface area contributed by atoms with E-state index in [-0.39, 0.29) is 28.7 Å². The van der Waals surface area contributed by atoms with Crippen LogP contribution in [0.1, 0.15) is 19.4 Å². The molecule has 1 aromatic heterocycles. The molecule has 1 aromatic carbocycles. The van der Waals surface area contributed by atoms with E-state index in [0.717, 1.165) is 29.9 Å². The standard InChI is InChI=1S/C18H26BrN5S.HI/c1-18(2,25-16-7-5-15(19)6-8-16)13-22-17(20-3)21-10-9-14-11-23-24(4)12-14;/h5-8,11-12H,9-10,13H2,1-4H3,(H2,20,21,22);1H. The van der Waals surface area contributed by atoms with E-state index in [4.69, 9.17) is 0 Å². The van der Waals surface area contributed by atoms with Crippen LogP contribution in [-0.4, -0.2) is 40.6 Å². The van der Waals surface area contributed by atoms with Gasteiger partial charge in [-0.25, -0.2) is 0 Å². The molecule has 144 valence electrons. The van der Waals surface area contributed by atoms with Crippen LogP contribution < -0.4 is 10.6 Å². The number of aryl methyl sites for hydroxylation is 1. The van der Waals surface area contributed by atoms with Crippen molar-refractivity contribution in [1.29, 1.82) is 0 Å². The second kappa shape index (κ2) is 11.2. The molecule has 0 bridgehead atoms. The molecule has 26 heavy (non-hydrogen) atoms. The average Bonchev–Trinajstić information content (AvgIpc) is 2.98. The number of nitrogens with one attached hydrogen (secondary N) is 2. The Morgan fingerprint density at radius 2 is 1.96 bits per heavy atom. The van der Waals surface area contributed by atoms with Gasteiger partial charge in [0.1, 0.15) is 0 Å². The molecule has 5 nitrogen and oxygen atoms in total. The molecule has 2 N–H and O–H groups in total. The molecule has 0 aliphatic heterocycles. The minimum absolute atomic E-state index is 0. The largest absolute Gasteiger partial charge is 0.356 e. The van der Waals surface area contributed by atoms with Gasteiger partial charge in [0.05, 0.1) is 6.20 Å². The molecule has 0 aliphatic carbocycles. The zero-order chi connectivity index (χ0) is 18.3. The van der Waals surface area contributed by atoms with Crippen molar-refractivity contribution in [2.24, 2.45) is 12.0 Å². The summed E-state index contributed by atoms with van der Waals surface area (Å²) in [5, 5.41) is 11.0. The number of rotatable bonds is 7. The molecule has 0 saturated heterocycles. The normalized spacial score (nSPS) is 11.8. The Bertz CT molecular complexity index is 700. The molecule has 0 aliphatic rings. The zero-order valence-electron chi connectivity index (χ0n) is 15.6. The van der Waals surface area contributed by atoms with Gasteiger partial charge < -0.3 is 10.6 Å². The van der Waals surface area contributed by atoms with Gasteiger partial charge in [-0.2, -0.15) is 5.10 Å². The van der Waals surface area contributed by atoms with Gasteiger partial charge in [0.15, 0.2) is 5.96 Å². The quantitative estimate of drug-likeness (QED) is 0.236. The van der Waals surface area contributed by atoms with Crippen molar-refractivity contribution in [3.63, 3.8) is 0 Å². The number of guanidine groups is 1. The highest BCUT2D eigenvalue weighted by Gasteiger charge is 2.20. The Kier molecular flexibility index (Phi) is 10.0. The highest BCUT2D eigenvalue weighted by molar-refractivity contribution is 14.0. The molecule has 0 fully saturated rings. The van der Waals surface area contributed by atoms with E-state index >= 15 is 0 Å². The summed E-state index contributed by atoms with van der Waals surface area (Å²) in [5.74, 6) is 0.827. The second-order valence-corrected chi connectivity index (χ2v) is 9.14. The van der Waals surface area contributed by atoms with Crippen molar-refractivity contribution in [2.75, 3.05) is 20.1 Å². The molecular formula is C18H27BrIN5S. The monoisotopic (exact) mass is 551 g/mol. The third-order valence-corrected chi connectivity index (χ3v) is 5.31. The van der Waals surface area contributed by atoms with Gasteiger partial charge in [-0.1, -0.05) is 15.9 Å². The van der Waals surface area contributed by atoms with Crippen LogP contribution in [0, 0.1) is 0 Å². The molecule has 0 amide bonds. The van der Waals surface area contributed by atoms with Gasteiger partial charge >= 0.3 is 0 Å². The molecule has 8 heteroatoms. The van der Waals surface area contributed by atoms with E-state index in [1.165, 1.54) is 10.5 Å². The summed E-state index contributed by atoms with van der Waals surface area (Å²) in [7, 11) is 3.73. The number of nitrogens with zero attached hydrogens (tertiary/aromatic N) is 3. The minimum Gasteiger partial charge on any atom is -0.356 e. The summed E-state index contributed by atoms with van der Waals surface area (Å²) in [5.41, 5.74) is 1.22.